The lowest BCUT2D eigenvalue weighted by Gasteiger charge is -2.00. The molecule has 0 atom stereocenters. The van der Waals surface area contributed by atoms with Crippen LogP contribution in [0.5, 0.6) is 0 Å². The van der Waals surface area contributed by atoms with E-state index in [0.29, 0.717) is 6.61 Å². The van der Waals surface area contributed by atoms with E-state index in [4.69, 9.17) is 0 Å². The van der Waals surface area contributed by atoms with E-state index >= 15 is 0 Å². The molecule has 0 bridgehead atoms. The van der Waals surface area contributed by atoms with Crippen molar-refractivity contribution in [3.63, 3.8) is 0 Å². The maximum atomic E-state index is 12.7. The summed E-state index contributed by atoms with van der Waals surface area (Å²) in [5, 5.41) is 0. The highest BCUT2D eigenvalue weighted by Crippen LogP contribution is 2.07. The number of aryl methyl sites for hydroxylation is 1. The summed E-state index contributed by atoms with van der Waals surface area (Å²) in [6.45, 7) is 0.651. The number of unbranched alkanes of at least 4 members (excludes halogenated alkanes) is 1. The zero-order valence-corrected chi connectivity index (χ0v) is 8.27. The zero-order valence-electron chi connectivity index (χ0n) is 7.37. The van der Waals surface area contributed by atoms with Crippen LogP contribution in [0.4, 0.5) is 4.39 Å². The first-order valence-corrected chi connectivity index (χ1v) is 4.70. The molecule has 13 heavy (non-hydrogen) atoms. The molecule has 0 aliphatic heterocycles. The molecular formula is C10H13FOS. The Morgan fingerprint density at radius 2 is 2.15 bits per heavy atom. The maximum absolute atomic E-state index is 12.7. The monoisotopic (exact) mass is 200 g/mol. The lowest BCUT2D eigenvalue weighted by Crippen LogP contribution is -1.90. The topological polar surface area (TPSA) is 9.23 Å². The Bertz CT molecular complexity index is 252. The van der Waals surface area contributed by atoms with Crippen LogP contribution in [0.15, 0.2) is 24.3 Å². The number of thiol groups is 1. The van der Waals surface area contributed by atoms with Gasteiger partial charge in [-0.05, 0) is 49.9 Å². The molecule has 3 heteroatoms. The fraction of sp³-hybridized carbons (Fsp3) is 0.400. The molecule has 1 rings (SSSR count). The third-order valence-electron chi connectivity index (χ3n) is 1.84. The Kier molecular flexibility index (Phi) is 4.86. The normalized spacial score (nSPS) is 10.3. The molecule has 0 fully saturated rings. The Morgan fingerprint density at radius 1 is 1.31 bits per heavy atom. The number of halogens is 1. The van der Waals surface area contributed by atoms with Gasteiger partial charge >= 0.3 is 0 Å². The number of rotatable bonds is 5. The molecule has 0 saturated carbocycles. The quantitative estimate of drug-likeness (QED) is 0.436. The molecule has 0 aliphatic rings. The van der Waals surface area contributed by atoms with E-state index in [1.54, 1.807) is 12.1 Å². The van der Waals surface area contributed by atoms with Gasteiger partial charge in [0.1, 0.15) is 5.82 Å². The second-order valence-electron chi connectivity index (χ2n) is 2.92. The van der Waals surface area contributed by atoms with Crippen LogP contribution < -0.4 is 0 Å². The van der Waals surface area contributed by atoms with Gasteiger partial charge in [0.15, 0.2) is 0 Å². The van der Waals surface area contributed by atoms with Crippen molar-refractivity contribution in [2.75, 3.05) is 6.61 Å². The predicted molar refractivity (Wildman–Crippen MR) is 54.3 cm³/mol. The molecule has 0 unspecified atom stereocenters. The van der Waals surface area contributed by atoms with Crippen LogP contribution in [-0.4, -0.2) is 6.61 Å². The second kappa shape index (κ2) is 6.00. The first kappa shape index (κ1) is 10.5. The molecule has 0 saturated heterocycles. The molecule has 0 aliphatic carbocycles. The van der Waals surface area contributed by atoms with Gasteiger partial charge in [-0.15, -0.1) is 0 Å². The summed E-state index contributed by atoms with van der Waals surface area (Å²) in [6, 6.07) is 6.70. The largest absolute Gasteiger partial charge is 0.319 e. The molecule has 1 aromatic carbocycles. The van der Waals surface area contributed by atoms with Crippen LogP contribution in [0, 0.1) is 5.82 Å². The summed E-state index contributed by atoms with van der Waals surface area (Å²) in [7, 11) is 0. The molecule has 0 heterocycles. The van der Waals surface area contributed by atoms with Crippen molar-refractivity contribution in [1.29, 1.82) is 0 Å². The fourth-order valence-corrected chi connectivity index (χ4v) is 1.32. The molecule has 72 valence electrons. The van der Waals surface area contributed by atoms with E-state index in [1.165, 1.54) is 6.07 Å². The molecule has 0 amide bonds. The van der Waals surface area contributed by atoms with Gasteiger partial charge in [-0.3, -0.25) is 0 Å². The highest BCUT2D eigenvalue weighted by atomic mass is 32.1. The van der Waals surface area contributed by atoms with Gasteiger partial charge in [-0.2, -0.15) is 0 Å². The zero-order chi connectivity index (χ0) is 9.52. The molecule has 0 aromatic heterocycles. The van der Waals surface area contributed by atoms with Crippen molar-refractivity contribution in [3.05, 3.63) is 35.6 Å². The molecule has 0 N–H and O–H groups in total. The van der Waals surface area contributed by atoms with E-state index in [-0.39, 0.29) is 5.82 Å². The summed E-state index contributed by atoms with van der Waals surface area (Å²) in [4.78, 5) is 0. The van der Waals surface area contributed by atoms with Crippen LogP contribution in [0.1, 0.15) is 18.4 Å². The summed E-state index contributed by atoms with van der Waals surface area (Å²) >= 11 is 3.64. The summed E-state index contributed by atoms with van der Waals surface area (Å²) in [6.07, 6.45) is 2.86. The lowest BCUT2D eigenvalue weighted by molar-refractivity contribution is 0.366. The minimum Gasteiger partial charge on any atom is -0.319 e. The Labute approximate surface area is 83.5 Å². The van der Waals surface area contributed by atoms with Crippen LogP contribution in [0.2, 0.25) is 0 Å². The summed E-state index contributed by atoms with van der Waals surface area (Å²) < 4.78 is 17.3. The number of benzene rings is 1. The highest BCUT2D eigenvalue weighted by Gasteiger charge is 1.95. The maximum Gasteiger partial charge on any atom is 0.123 e. The molecule has 1 nitrogen and oxygen atoms in total. The van der Waals surface area contributed by atoms with E-state index in [1.807, 2.05) is 6.07 Å². The second-order valence-corrected chi connectivity index (χ2v) is 3.18. The van der Waals surface area contributed by atoms with Gasteiger partial charge in [-0.1, -0.05) is 12.1 Å². The SMILES string of the molecule is Fc1cccc(CCCCOS)c1. The lowest BCUT2D eigenvalue weighted by atomic mass is 10.1. The van der Waals surface area contributed by atoms with E-state index in [2.05, 4.69) is 17.1 Å². The Morgan fingerprint density at radius 3 is 2.85 bits per heavy atom. The Hall–Kier alpha value is -0.540. The predicted octanol–water partition coefficient (Wildman–Crippen LogP) is 3.01. The van der Waals surface area contributed by atoms with E-state index in [0.717, 1.165) is 24.8 Å². The molecular weight excluding hydrogens is 187 g/mol. The standard InChI is InChI=1S/C10H13FOS/c11-10-6-3-5-9(8-10)4-1-2-7-12-13/h3,5-6,8,13H,1-2,4,7H2. The third-order valence-corrected chi connectivity index (χ3v) is 2.02. The minimum absolute atomic E-state index is 0.164. The summed E-state index contributed by atoms with van der Waals surface area (Å²) in [5.74, 6) is -0.164. The smallest absolute Gasteiger partial charge is 0.123 e. The van der Waals surface area contributed by atoms with Crippen LogP contribution in [-0.2, 0) is 10.6 Å². The number of hydrogen-bond donors (Lipinski definition) is 1. The van der Waals surface area contributed by atoms with Gasteiger partial charge in [0, 0.05) is 0 Å². The van der Waals surface area contributed by atoms with Gasteiger partial charge in [0.05, 0.1) is 6.61 Å². The molecule has 1 aromatic rings. The highest BCUT2D eigenvalue weighted by molar-refractivity contribution is 7.75. The number of hydrogen-bond acceptors (Lipinski definition) is 2. The van der Waals surface area contributed by atoms with Crippen molar-refractivity contribution in [3.8, 4) is 0 Å². The van der Waals surface area contributed by atoms with Crippen LogP contribution in [0.3, 0.4) is 0 Å². The van der Waals surface area contributed by atoms with Crippen molar-refractivity contribution in [1.82, 2.24) is 0 Å². The van der Waals surface area contributed by atoms with E-state index < -0.39 is 0 Å². The molecule has 0 radical (unpaired) electrons. The first-order chi connectivity index (χ1) is 6.33. The Balaban J connectivity index is 2.28. The summed E-state index contributed by atoms with van der Waals surface area (Å²) in [5.41, 5.74) is 1.04. The average Bonchev–Trinajstić information content (AvgIpc) is 2.13. The van der Waals surface area contributed by atoms with Gasteiger partial charge in [0.2, 0.25) is 0 Å². The van der Waals surface area contributed by atoms with E-state index in [9.17, 15) is 4.39 Å². The van der Waals surface area contributed by atoms with Crippen molar-refractivity contribution in [2.24, 2.45) is 0 Å². The van der Waals surface area contributed by atoms with Crippen molar-refractivity contribution in [2.45, 2.75) is 19.3 Å². The van der Waals surface area contributed by atoms with Gasteiger partial charge in [0.25, 0.3) is 0 Å². The van der Waals surface area contributed by atoms with Gasteiger partial charge < -0.3 is 4.18 Å². The first-order valence-electron chi connectivity index (χ1n) is 4.34. The van der Waals surface area contributed by atoms with Crippen molar-refractivity contribution >= 4 is 12.9 Å². The van der Waals surface area contributed by atoms with Crippen molar-refractivity contribution < 1.29 is 8.57 Å². The van der Waals surface area contributed by atoms with Crippen LogP contribution >= 0.6 is 12.9 Å². The average molecular weight is 200 g/mol. The molecule has 0 spiro atoms. The van der Waals surface area contributed by atoms with Gasteiger partial charge in [-0.25, -0.2) is 4.39 Å². The fourth-order valence-electron chi connectivity index (χ4n) is 1.19. The minimum atomic E-state index is -0.164. The third kappa shape index (κ3) is 4.29. The van der Waals surface area contributed by atoms with Crippen LogP contribution in [0.25, 0.3) is 0 Å².